The van der Waals surface area contributed by atoms with E-state index in [1.165, 1.54) is 6.20 Å². The molecule has 4 N–H and O–H groups in total. The first-order valence-corrected chi connectivity index (χ1v) is 11.3. The fourth-order valence-corrected chi connectivity index (χ4v) is 5.04. The van der Waals surface area contributed by atoms with Gasteiger partial charge in [0.05, 0.1) is 24.4 Å². The molecule has 2 fully saturated rings. The molecule has 5 atom stereocenters. The van der Waals surface area contributed by atoms with Crippen molar-refractivity contribution in [2.75, 3.05) is 0 Å². The lowest BCUT2D eigenvalue weighted by molar-refractivity contribution is -0.149. The molecule has 0 aromatic carbocycles. The number of rotatable bonds is 9. The summed E-state index contributed by atoms with van der Waals surface area (Å²) >= 11 is 0. The van der Waals surface area contributed by atoms with E-state index >= 15 is 0 Å². The molecular formula is C23H35N3O5. The van der Waals surface area contributed by atoms with Crippen LogP contribution in [0.3, 0.4) is 0 Å². The molecule has 1 aromatic rings. The predicted octanol–water partition coefficient (Wildman–Crippen LogP) is 1.77. The van der Waals surface area contributed by atoms with Crippen molar-refractivity contribution in [3.05, 3.63) is 23.0 Å². The van der Waals surface area contributed by atoms with Gasteiger partial charge >= 0.3 is 0 Å². The zero-order chi connectivity index (χ0) is 22.7. The number of aromatic hydroxyl groups is 1. The van der Waals surface area contributed by atoms with Gasteiger partial charge in [-0.1, -0.05) is 33.1 Å². The molecule has 4 unspecified atom stereocenters. The lowest BCUT2D eigenvalue weighted by atomic mass is 9.94. The molecule has 8 nitrogen and oxygen atoms in total. The van der Waals surface area contributed by atoms with Gasteiger partial charge in [0.2, 0.25) is 11.8 Å². The van der Waals surface area contributed by atoms with Gasteiger partial charge in [-0.15, -0.1) is 0 Å². The molecule has 172 valence electrons. The number of carbonyl (C=O) groups excluding carboxylic acids is 2. The lowest BCUT2D eigenvalue weighted by Gasteiger charge is -2.38. The Morgan fingerprint density at radius 3 is 2.74 bits per heavy atom. The maximum atomic E-state index is 13.2. The molecule has 0 radical (unpaired) electrons. The maximum absolute atomic E-state index is 13.2. The molecule has 1 saturated carbocycles. The van der Waals surface area contributed by atoms with Gasteiger partial charge in [-0.3, -0.25) is 14.6 Å². The summed E-state index contributed by atoms with van der Waals surface area (Å²) in [6.07, 6.45) is 5.93. The summed E-state index contributed by atoms with van der Waals surface area (Å²) < 4.78 is 0. The van der Waals surface area contributed by atoms with E-state index in [9.17, 15) is 24.9 Å². The van der Waals surface area contributed by atoms with E-state index in [1.54, 1.807) is 11.8 Å². The first kappa shape index (κ1) is 23.5. The zero-order valence-electron chi connectivity index (χ0n) is 18.7. The third kappa shape index (κ3) is 4.70. The van der Waals surface area contributed by atoms with Crippen LogP contribution in [0.1, 0.15) is 69.2 Å². The summed E-state index contributed by atoms with van der Waals surface area (Å²) in [6, 6.07) is -0.927. The normalized spacial score (nSPS) is 25.6. The maximum Gasteiger partial charge on any atom is 0.243 e. The monoisotopic (exact) mass is 433 g/mol. The number of pyridine rings is 1. The van der Waals surface area contributed by atoms with Gasteiger partial charge in [0.1, 0.15) is 11.8 Å². The highest BCUT2D eigenvalue weighted by Crippen LogP contribution is 2.43. The average Bonchev–Trinajstić information content (AvgIpc) is 3.31. The predicted molar refractivity (Wildman–Crippen MR) is 115 cm³/mol. The van der Waals surface area contributed by atoms with E-state index in [4.69, 9.17) is 0 Å². The van der Waals surface area contributed by atoms with Crippen molar-refractivity contribution in [1.82, 2.24) is 15.2 Å². The topological polar surface area (TPSA) is 123 Å². The summed E-state index contributed by atoms with van der Waals surface area (Å²) in [5, 5.41) is 33.1. The number of unbranched alkanes of at least 4 members (excludes halogenated alkanes) is 2. The number of piperidine rings is 1. The second kappa shape index (κ2) is 9.96. The number of aliphatic hydroxyl groups excluding tert-OH is 2. The summed E-state index contributed by atoms with van der Waals surface area (Å²) in [4.78, 5) is 32.0. The van der Waals surface area contributed by atoms with E-state index in [0.717, 1.165) is 25.7 Å². The van der Waals surface area contributed by atoms with Crippen molar-refractivity contribution in [3.63, 3.8) is 0 Å². The number of aromatic nitrogens is 1. The average molecular weight is 434 g/mol. The van der Waals surface area contributed by atoms with Crippen LogP contribution in [-0.4, -0.2) is 55.2 Å². The molecule has 31 heavy (non-hydrogen) atoms. The Bertz CT molecular complexity index is 815. The molecule has 1 aliphatic heterocycles. The van der Waals surface area contributed by atoms with E-state index in [0.29, 0.717) is 29.7 Å². The number of aliphatic hydroxyl groups is 2. The summed E-state index contributed by atoms with van der Waals surface area (Å²) in [7, 11) is 0. The fourth-order valence-electron chi connectivity index (χ4n) is 5.04. The van der Waals surface area contributed by atoms with E-state index < -0.39 is 12.1 Å². The highest BCUT2D eigenvalue weighted by molar-refractivity contribution is 5.90. The number of amides is 2. The minimum atomic E-state index is -0.614. The van der Waals surface area contributed by atoms with Crippen LogP contribution in [0.25, 0.3) is 0 Å². The first-order valence-electron chi connectivity index (χ1n) is 11.3. The van der Waals surface area contributed by atoms with E-state index in [-0.39, 0.29) is 48.6 Å². The second-order valence-corrected chi connectivity index (χ2v) is 9.03. The number of likely N-dealkylation sites (tertiary alicyclic amines) is 1. The number of fused-ring (bicyclic) bond motifs is 2. The third-order valence-corrected chi connectivity index (χ3v) is 6.86. The standard InChI is InChI=1S/C23H35N3O5/c1-4-5-6-7-13(2)23(31)26-18-8-15(9-19(18)28)20(26)22(30)25-11-17-16(12-27)10-24-14(3)21(17)29/h10,13,15,18-20,27-29H,4-9,11-12H2,1-3H3,(H,25,30)/t13?,15?,18?,19?,20-/m1/s1. The molecule has 2 heterocycles. The molecule has 2 bridgehead atoms. The van der Waals surface area contributed by atoms with Crippen LogP contribution in [0.4, 0.5) is 0 Å². The number of nitrogens with zero attached hydrogens (tertiary/aromatic N) is 2. The van der Waals surface area contributed by atoms with Crippen molar-refractivity contribution < 1.29 is 24.9 Å². The largest absolute Gasteiger partial charge is 0.506 e. The zero-order valence-corrected chi connectivity index (χ0v) is 18.7. The van der Waals surface area contributed by atoms with Gasteiger partial charge < -0.3 is 25.5 Å². The van der Waals surface area contributed by atoms with Gasteiger partial charge in [0, 0.05) is 29.8 Å². The van der Waals surface area contributed by atoms with E-state index in [1.807, 2.05) is 6.92 Å². The van der Waals surface area contributed by atoms with Crippen LogP contribution in [0, 0.1) is 18.8 Å². The van der Waals surface area contributed by atoms with Crippen molar-refractivity contribution in [3.8, 4) is 5.75 Å². The van der Waals surface area contributed by atoms with Gasteiger partial charge in [0.15, 0.2) is 0 Å². The summed E-state index contributed by atoms with van der Waals surface area (Å²) in [5.74, 6) is -0.668. The van der Waals surface area contributed by atoms with E-state index in [2.05, 4.69) is 17.2 Å². The van der Waals surface area contributed by atoms with Crippen LogP contribution >= 0.6 is 0 Å². The van der Waals surface area contributed by atoms with Crippen LogP contribution in [-0.2, 0) is 22.7 Å². The van der Waals surface area contributed by atoms with Crippen LogP contribution in [0.5, 0.6) is 5.75 Å². The van der Waals surface area contributed by atoms with Gasteiger partial charge in [-0.2, -0.15) is 0 Å². The van der Waals surface area contributed by atoms with Crippen molar-refractivity contribution in [2.45, 2.75) is 90.6 Å². The minimum Gasteiger partial charge on any atom is -0.506 e. The first-order chi connectivity index (χ1) is 14.8. The number of hydrogen-bond acceptors (Lipinski definition) is 6. The Hall–Kier alpha value is -2.19. The van der Waals surface area contributed by atoms with Crippen LogP contribution in [0.15, 0.2) is 6.20 Å². The molecule has 3 rings (SSSR count). The molecular weight excluding hydrogens is 398 g/mol. The van der Waals surface area contributed by atoms with Crippen molar-refractivity contribution in [2.24, 2.45) is 11.8 Å². The Kier molecular flexibility index (Phi) is 7.54. The summed E-state index contributed by atoms with van der Waals surface area (Å²) in [6.45, 7) is 5.41. The van der Waals surface area contributed by atoms with Crippen LogP contribution < -0.4 is 5.32 Å². The molecule has 2 aliphatic rings. The number of carbonyl (C=O) groups is 2. The third-order valence-electron chi connectivity index (χ3n) is 6.86. The molecule has 1 saturated heterocycles. The summed E-state index contributed by atoms with van der Waals surface area (Å²) in [5.41, 5.74) is 1.30. The quantitative estimate of drug-likeness (QED) is 0.440. The molecule has 1 aliphatic carbocycles. The van der Waals surface area contributed by atoms with Gasteiger partial charge in [-0.25, -0.2) is 0 Å². The lowest BCUT2D eigenvalue weighted by Crippen LogP contribution is -2.57. The Morgan fingerprint density at radius 2 is 2.06 bits per heavy atom. The molecule has 2 amide bonds. The Morgan fingerprint density at radius 1 is 1.32 bits per heavy atom. The molecule has 8 heteroatoms. The Balaban J connectivity index is 1.73. The molecule has 1 aromatic heterocycles. The van der Waals surface area contributed by atoms with Crippen molar-refractivity contribution >= 4 is 11.8 Å². The number of hydrogen-bond donors (Lipinski definition) is 4. The Labute approximate surface area is 183 Å². The minimum absolute atomic E-state index is 0.0362. The highest BCUT2D eigenvalue weighted by Gasteiger charge is 2.55. The van der Waals surface area contributed by atoms with Crippen LogP contribution in [0.2, 0.25) is 0 Å². The number of aryl methyl sites for hydroxylation is 1. The fraction of sp³-hybridized carbons (Fsp3) is 0.696. The van der Waals surface area contributed by atoms with Crippen molar-refractivity contribution in [1.29, 1.82) is 0 Å². The molecule has 0 spiro atoms. The highest BCUT2D eigenvalue weighted by atomic mass is 16.3. The number of nitrogens with one attached hydrogen (secondary N) is 1. The smallest absolute Gasteiger partial charge is 0.243 e. The van der Waals surface area contributed by atoms with Gasteiger partial charge in [0.25, 0.3) is 0 Å². The second-order valence-electron chi connectivity index (χ2n) is 9.03. The SMILES string of the molecule is CCCCCC(C)C(=O)N1C2CC(CC2O)[C@@H]1C(=O)NCc1c(CO)cnc(C)c1O. The van der Waals surface area contributed by atoms with Gasteiger partial charge in [-0.05, 0) is 32.1 Å².